The lowest BCUT2D eigenvalue weighted by Crippen LogP contribution is -3.28. The summed E-state index contributed by atoms with van der Waals surface area (Å²) < 4.78 is 5.58. The van der Waals surface area contributed by atoms with Gasteiger partial charge in [-0.15, -0.1) is 0 Å². The average Bonchev–Trinajstić information content (AvgIpc) is 2.67. The van der Waals surface area contributed by atoms with Crippen molar-refractivity contribution in [3.63, 3.8) is 0 Å². The van der Waals surface area contributed by atoms with Gasteiger partial charge >= 0.3 is 0 Å². The molecule has 1 saturated heterocycles. The summed E-state index contributed by atoms with van der Waals surface area (Å²) in [5, 5.41) is 3.01. The number of carbonyl (C=O) groups excluding carboxylic acids is 1. The van der Waals surface area contributed by atoms with Crippen LogP contribution < -0.4 is 19.9 Å². The number of quaternary nitrogens is 2. The second-order valence-corrected chi connectivity index (χ2v) is 7.26. The number of aryl methyl sites for hydroxylation is 1. The van der Waals surface area contributed by atoms with E-state index in [-0.39, 0.29) is 5.91 Å². The quantitative estimate of drug-likeness (QED) is 0.658. The summed E-state index contributed by atoms with van der Waals surface area (Å²) in [6, 6.07) is 16.2. The molecule has 0 aliphatic carbocycles. The second kappa shape index (κ2) is 9.53. The predicted octanol–water partition coefficient (Wildman–Crippen LogP) is 0.316. The fourth-order valence-corrected chi connectivity index (χ4v) is 3.66. The molecule has 3 rings (SSSR count). The largest absolute Gasteiger partial charge is 0.492 e. The van der Waals surface area contributed by atoms with E-state index >= 15 is 0 Å². The topological polar surface area (TPSA) is 47.2 Å². The Morgan fingerprint density at radius 2 is 1.67 bits per heavy atom. The lowest BCUT2D eigenvalue weighted by molar-refractivity contribution is -1.02. The van der Waals surface area contributed by atoms with Crippen LogP contribution >= 0.6 is 0 Å². The van der Waals surface area contributed by atoms with Gasteiger partial charge in [0.25, 0.3) is 5.91 Å². The van der Waals surface area contributed by atoms with Crippen molar-refractivity contribution >= 4 is 11.6 Å². The molecular formula is C22H31N3O2+2. The van der Waals surface area contributed by atoms with E-state index in [1.165, 1.54) is 16.0 Å². The lowest BCUT2D eigenvalue weighted by Gasteiger charge is -2.29. The van der Waals surface area contributed by atoms with E-state index in [0.29, 0.717) is 13.2 Å². The molecule has 5 heteroatoms. The van der Waals surface area contributed by atoms with E-state index in [1.807, 2.05) is 31.2 Å². The molecule has 0 radical (unpaired) electrons. The van der Waals surface area contributed by atoms with Gasteiger partial charge in [0.2, 0.25) is 0 Å². The molecule has 2 aromatic carbocycles. The molecule has 5 nitrogen and oxygen atoms in total. The van der Waals surface area contributed by atoms with Crippen molar-refractivity contribution in [1.29, 1.82) is 0 Å². The number of ether oxygens (including phenoxy) is 1. The summed E-state index contributed by atoms with van der Waals surface area (Å²) >= 11 is 0. The van der Waals surface area contributed by atoms with Crippen LogP contribution in [0.4, 0.5) is 5.69 Å². The molecule has 0 atom stereocenters. The van der Waals surface area contributed by atoms with E-state index in [9.17, 15) is 4.79 Å². The molecule has 2 aromatic rings. The van der Waals surface area contributed by atoms with Crippen LogP contribution in [0.2, 0.25) is 0 Å². The van der Waals surface area contributed by atoms with E-state index in [4.69, 9.17) is 4.74 Å². The fraction of sp³-hybridized carbons (Fsp3) is 0.409. The minimum atomic E-state index is 0.0551. The van der Waals surface area contributed by atoms with Crippen LogP contribution in [0.3, 0.4) is 0 Å². The first-order valence-corrected chi connectivity index (χ1v) is 9.89. The number of piperazine rings is 1. The van der Waals surface area contributed by atoms with Crippen LogP contribution in [-0.4, -0.2) is 45.2 Å². The number of hydrogen-bond donors (Lipinski definition) is 3. The molecule has 0 bridgehead atoms. The Balaban J connectivity index is 1.46. The molecular weight excluding hydrogens is 338 g/mol. The molecule has 1 aliphatic rings. The Bertz CT molecular complexity index is 755. The fourth-order valence-electron chi connectivity index (χ4n) is 3.66. The Labute approximate surface area is 161 Å². The Morgan fingerprint density at radius 3 is 2.41 bits per heavy atom. The van der Waals surface area contributed by atoms with Crippen LogP contribution in [0.15, 0.2) is 48.5 Å². The van der Waals surface area contributed by atoms with Crippen molar-refractivity contribution in [1.82, 2.24) is 0 Å². The highest BCUT2D eigenvalue weighted by molar-refractivity contribution is 5.92. The van der Waals surface area contributed by atoms with Gasteiger partial charge < -0.3 is 19.9 Å². The third-order valence-corrected chi connectivity index (χ3v) is 5.24. The van der Waals surface area contributed by atoms with E-state index < -0.39 is 0 Å². The highest BCUT2D eigenvalue weighted by atomic mass is 16.5. The minimum Gasteiger partial charge on any atom is -0.492 e. The van der Waals surface area contributed by atoms with Gasteiger partial charge in [-0.1, -0.05) is 36.4 Å². The van der Waals surface area contributed by atoms with Crippen LogP contribution in [0.1, 0.15) is 18.1 Å². The predicted molar refractivity (Wildman–Crippen MR) is 107 cm³/mol. The van der Waals surface area contributed by atoms with Gasteiger partial charge in [0.05, 0.1) is 12.3 Å². The van der Waals surface area contributed by atoms with Crippen LogP contribution in [0.25, 0.3) is 0 Å². The molecule has 144 valence electrons. The molecule has 0 spiro atoms. The van der Waals surface area contributed by atoms with Crippen molar-refractivity contribution in [2.24, 2.45) is 0 Å². The monoisotopic (exact) mass is 369 g/mol. The van der Waals surface area contributed by atoms with Gasteiger partial charge in [0, 0.05) is 5.56 Å². The van der Waals surface area contributed by atoms with Gasteiger partial charge in [-0.2, -0.15) is 0 Å². The molecule has 1 aliphatic heterocycles. The molecule has 1 heterocycles. The molecule has 0 saturated carbocycles. The third kappa shape index (κ3) is 5.55. The van der Waals surface area contributed by atoms with Crippen molar-refractivity contribution in [2.45, 2.75) is 20.4 Å². The lowest BCUT2D eigenvalue weighted by atomic mass is 10.1. The Kier molecular flexibility index (Phi) is 6.85. The third-order valence-electron chi connectivity index (χ3n) is 5.24. The first-order chi connectivity index (χ1) is 13.2. The molecule has 3 N–H and O–H groups in total. The number of hydrogen-bond acceptors (Lipinski definition) is 2. The maximum atomic E-state index is 12.5. The van der Waals surface area contributed by atoms with Crippen LogP contribution in [0, 0.1) is 6.92 Å². The normalized spacial score (nSPS) is 19.5. The first kappa shape index (κ1) is 19.4. The van der Waals surface area contributed by atoms with Gasteiger partial charge in [0.1, 0.15) is 38.5 Å². The number of para-hydroxylation sites is 2. The summed E-state index contributed by atoms with van der Waals surface area (Å²) in [4.78, 5) is 15.4. The molecule has 0 unspecified atom stereocenters. The minimum absolute atomic E-state index is 0.0551. The van der Waals surface area contributed by atoms with E-state index in [2.05, 4.69) is 36.5 Å². The summed E-state index contributed by atoms with van der Waals surface area (Å²) in [5.74, 6) is 0.787. The van der Waals surface area contributed by atoms with E-state index in [0.717, 1.165) is 44.2 Å². The SMILES string of the molecule is CCOc1ccccc1NC(=O)C[NH+]1CC[NH+](Cc2ccccc2C)CC1. The van der Waals surface area contributed by atoms with Gasteiger partial charge in [-0.05, 0) is 31.5 Å². The summed E-state index contributed by atoms with van der Waals surface area (Å²) in [7, 11) is 0. The summed E-state index contributed by atoms with van der Waals surface area (Å²) in [6.07, 6.45) is 0. The zero-order valence-electron chi connectivity index (χ0n) is 16.4. The molecule has 0 aromatic heterocycles. The highest BCUT2D eigenvalue weighted by Gasteiger charge is 2.25. The number of carbonyl (C=O) groups is 1. The van der Waals surface area contributed by atoms with Crippen molar-refractivity contribution in [2.75, 3.05) is 44.6 Å². The summed E-state index contributed by atoms with van der Waals surface area (Å²) in [5.41, 5.74) is 3.56. The molecule has 1 fully saturated rings. The highest BCUT2D eigenvalue weighted by Crippen LogP contribution is 2.23. The summed E-state index contributed by atoms with van der Waals surface area (Å²) in [6.45, 7) is 10.6. The van der Waals surface area contributed by atoms with Crippen LogP contribution in [-0.2, 0) is 11.3 Å². The number of benzene rings is 2. The first-order valence-electron chi connectivity index (χ1n) is 9.89. The smallest absolute Gasteiger partial charge is 0.279 e. The number of anilines is 1. The van der Waals surface area contributed by atoms with Crippen molar-refractivity contribution < 1.29 is 19.3 Å². The Morgan fingerprint density at radius 1 is 1.00 bits per heavy atom. The zero-order chi connectivity index (χ0) is 19.1. The van der Waals surface area contributed by atoms with Gasteiger partial charge in [0.15, 0.2) is 6.54 Å². The molecule has 27 heavy (non-hydrogen) atoms. The van der Waals surface area contributed by atoms with E-state index in [1.54, 1.807) is 4.90 Å². The van der Waals surface area contributed by atoms with Crippen molar-refractivity contribution in [3.8, 4) is 5.75 Å². The maximum absolute atomic E-state index is 12.5. The number of rotatable bonds is 7. The Hall–Kier alpha value is -2.37. The van der Waals surface area contributed by atoms with Gasteiger partial charge in [-0.3, -0.25) is 4.79 Å². The number of nitrogens with one attached hydrogen (secondary N) is 3. The zero-order valence-corrected chi connectivity index (χ0v) is 16.4. The van der Waals surface area contributed by atoms with Crippen molar-refractivity contribution in [3.05, 3.63) is 59.7 Å². The second-order valence-electron chi connectivity index (χ2n) is 7.26. The standard InChI is InChI=1S/C22H29N3O2/c1-3-27-21-11-7-6-10-20(21)23-22(26)17-25-14-12-24(13-15-25)16-19-9-5-4-8-18(19)2/h4-11H,3,12-17H2,1-2H3,(H,23,26)/p+2. The van der Waals surface area contributed by atoms with Crippen LogP contribution in [0.5, 0.6) is 5.75 Å². The van der Waals surface area contributed by atoms with Gasteiger partial charge in [-0.25, -0.2) is 0 Å². The molecule has 1 amide bonds. The average molecular weight is 370 g/mol. The number of amides is 1. The maximum Gasteiger partial charge on any atom is 0.279 e.